The van der Waals surface area contributed by atoms with E-state index in [1.807, 2.05) is 6.07 Å². The molecule has 2 bridgehead atoms. The lowest BCUT2D eigenvalue weighted by molar-refractivity contribution is 0.0705. The van der Waals surface area contributed by atoms with E-state index in [9.17, 15) is 4.79 Å². The molecule has 0 radical (unpaired) electrons. The third kappa shape index (κ3) is 2.94. The van der Waals surface area contributed by atoms with E-state index >= 15 is 0 Å². The van der Waals surface area contributed by atoms with Gasteiger partial charge in [-0.05, 0) is 50.3 Å². The van der Waals surface area contributed by atoms with Crippen molar-refractivity contribution in [1.29, 1.82) is 0 Å². The Balaban J connectivity index is 1.42. The number of hydrogen-bond acceptors (Lipinski definition) is 5. The number of pyridine rings is 1. The topological polar surface area (TPSA) is 68.7 Å². The maximum Gasteiger partial charge on any atom is 0.276 e. The Labute approximate surface area is 142 Å². The molecular formula is C18H26N4O2. The number of piperidine rings is 1. The lowest BCUT2D eigenvalue weighted by Gasteiger charge is -2.39. The normalized spacial score (nSPS) is 30.2. The van der Waals surface area contributed by atoms with Gasteiger partial charge in [0.25, 0.3) is 5.91 Å². The Morgan fingerprint density at radius 2 is 2.12 bits per heavy atom. The van der Waals surface area contributed by atoms with Crippen molar-refractivity contribution in [3.63, 3.8) is 0 Å². The zero-order valence-corrected chi connectivity index (χ0v) is 14.2. The first-order valence-electron chi connectivity index (χ1n) is 9.00. The minimum Gasteiger partial charge on any atom is -0.300 e. The summed E-state index contributed by atoms with van der Waals surface area (Å²) in [6.45, 7) is 3.06. The first-order valence-corrected chi connectivity index (χ1v) is 9.00. The molecule has 0 aliphatic carbocycles. The van der Waals surface area contributed by atoms with E-state index in [-0.39, 0.29) is 0 Å². The van der Waals surface area contributed by atoms with Gasteiger partial charge in [-0.1, -0.05) is 0 Å². The molecule has 2 fully saturated rings. The number of carbonyl (C=O) groups is 1. The van der Waals surface area contributed by atoms with Crippen LogP contribution in [0.1, 0.15) is 47.3 Å². The van der Waals surface area contributed by atoms with Crippen molar-refractivity contribution in [3.05, 3.63) is 29.1 Å². The van der Waals surface area contributed by atoms with Gasteiger partial charge in [-0.15, -0.1) is 0 Å². The summed E-state index contributed by atoms with van der Waals surface area (Å²) in [4.78, 5) is 21.1. The number of hydrogen-bond donors (Lipinski definition) is 2. The van der Waals surface area contributed by atoms with E-state index < -0.39 is 5.91 Å². The summed E-state index contributed by atoms with van der Waals surface area (Å²) < 4.78 is 0. The number of nitrogens with one attached hydrogen (secondary N) is 1. The lowest BCUT2D eigenvalue weighted by atomic mass is 9.90. The molecule has 0 saturated carbocycles. The molecule has 0 aromatic carbocycles. The van der Waals surface area contributed by atoms with Gasteiger partial charge < -0.3 is 4.90 Å². The number of rotatable bonds is 3. The summed E-state index contributed by atoms with van der Waals surface area (Å²) >= 11 is 0. The van der Waals surface area contributed by atoms with Gasteiger partial charge in [-0.3, -0.25) is 19.9 Å². The molecule has 4 heterocycles. The average Bonchev–Trinajstić information content (AvgIpc) is 2.82. The zero-order valence-electron chi connectivity index (χ0n) is 14.2. The van der Waals surface area contributed by atoms with Crippen molar-refractivity contribution in [2.45, 2.75) is 50.7 Å². The summed E-state index contributed by atoms with van der Waals surface area (Å²) in [7, 11) is 2.29. The zero-order chi connectivity index (χ0) is 16.7. The number of carbonyl (C=O) groups excluding carboxylic acids is 1. The minimum atomic E-state index is -0.491. The van der Waals surface area contributed by atoms with Crippen molar-refractivity contribution in [2.75, 3.05) is 20.1 Å². The predicted octanol–water partition coefficient (Wildman–Crippen LogP) is 1.43. The third-order valence-electron chi connectivity index (χ3n) is 6.19. The van der Waals surface area contributed by atoms with Gasteiger partial charge >= 0.3 is 0 Å². The second-order valence-electron chi connectivity index (χ2n) is 7.64. The summed E-state index contributed by atoms with van der Waals surface area (Å²) in [6.07, 6.45) is 7.86. The van der Waals surface area contributed by atoms with E-state index in [0.29, 0.717) is 5.56 Å². The molecular weight excluding hydrogens is 304 g/mol. The number of nitrogens with zero attached hydrogens (tertiary/aromatic N) is 3. The smallest absolute Gasteiger partial charge is 0.276 e. The molecule has 3 aliphatic rings. The van der Waals surface area contributed by atoms with Gasteiger partial charge in [0, 0.05) is 50.0 Å². The van der Waals surface area contributed by atoms with Crippen molar-refractivity contribution >= 4 is 5.91 Å². The van der Waals surface area contributed by atoms with Crippen molar-refractivity contribution < 1.29 is 10.0 Å². The average molecular weight is 330 g/mol. The van der Waals surface area contributed by atoms with Gasteiger partial charge in [-0.25, -0.2) is 5.48 Å². The highest BCUT2D eigenvalue weighted by atomic mass is 16.5. The summed E-state index contributed by atoms with van der Waals surface area (Å²) in [6, 6.07) is 3.44. The third-order valence-corrected chi connectivity index (χ3v) is 6.19. The Bertz CT molecular complexity index is 621. The van der Waals surface area contributed by atoms with Crippen LogP contribution < -0.4 is 5.48 Å². The van der Waals surface area contributed by atoms with Crippen LogP contribution in [0, 0.1) is 5.92 Å². The maximum atomic E-state index is 11.6. The molecule has 130 valence electrons. The second-order valence-corrected chi connectivity index (χ2v) is 7.64. The highest BCUT2D eigenvalue weighted by molar-refractivity contribution is 5.93. The number of fused-ring (bicyclic) bond motifs is 3. The van der Waals surface area contributed by atoms with Crippen LogP contribution in [0.3, 0.4) is 0 Å². The summed E-state index contributed by atoms with van der Waals surface area (Å²) in [5, 5.41) is 8.80. The maximum absolute atomic E-state index is 11.6. The first-order chi connectivity index (χ1) is 11.6. The second kappa shape index (κ2) is 6.43. The fourth-order valence-electron chi connectivity index (χ4n) is 4.87. The Morgan fingerprint density at radius 1 is 1.38 bits per heavy atom. The molecule has 2 atom stereocenters. The molecule has 6 nitrogen and oxygen atoms in total. The van der Waals surface area contributed by atoms with E-state index in [1.165, 1.54) is 25.7 Å². The molecule has 4 rings (SSSR count). The number of aromatic nitrogens is 1. The van der Waals surface area contributed by atoms with E-state index in [0.717, 1.165) is 55.3 Å². The first kappa shape index (κ1) is 16.0. The molecule has 3 aliphatic heterocycles. The molecule has 0 spiro atoms. The molecule has 24 heavy (non-hydrogen) atoms. The van der Waals surface area contributed by atoms with E-state index in [1.54, 1.807) is 11.7 Å². The standard InChI is InChI=1S/C18H26N4O2/c1-21-15-2-3-16(21)7-12(6-15)10-22-5-4-17-14(11-22)8-13(9-19-17)18(23)20-24/h8-9,12,15-16,24H,2-7,10-11H2,1H3,(H,20,23). The Morgan fingerprint density at radius 3 is 2.83 bits per heavy atom. The predicted molar refractivity (Wildman–Crippen MR) is 89.8 cm³/mol. The van der Waals surface area contributed by atoms with Crippen molar-refractivity contribution in [3.8, 4) is 0 Å². The quantitative estimate of drug-likeness (QED) is 0.648. The fourth-order valence-corrected chi connectivity index (χ4v) is 4.87. The molecule has 2 unspecified atom stereocenters. The van der Waals surface area contributed by atoms with Crippen LogP contribution in [0.4, 0.5) is 0 Å². The van der Waals surface area contributed by atoms with Crippen LogP contribution in [0.5, 0.6) is 0 Å². The van der Waals surface area contributed by atoms with Gasteiger partial charge in [0.1, 0.15) is 0 Å². The lowest BCUT2D eigenvalue weighted by Crippen LogP contribution is -2.44. The summed E-state index contributed by atoms with van der Waals surface area (Å²) in [5.74, 6) is 0.298. The fraction of sp³-hybridized carbons (Fsp3) is 0.667. The Kier molecular flexibility index (Phi) is 4.28. The van der Waals surface area contributed by atoms with Crippen LogP contribution in [0.2, 0.25) is 0 Å². The largest absolute Gasteiger partial charge is 0.300 e. The molecule has 6 heteroatoms. The van der Waals surface area contributed by atoms with Gasteiger partial charge in [-0.2, -0.15) is 0 Å². The van der Waals surface area contributed by atoms with Crippen molar-refractivity contribution in [2.24, 2.45) is 5.92 Å². The van der Waals surface area contributed by atoms with E-state index in [2.05, 4.69) is 21.8 Å². The highest BCUT2D eigenvalue weighted by Crippen LogP contribution is 2.38. The van der Waals surface area contributed by atoms with Crippen LogP contribution in [-0.2, 0) is 13.0 Å². The number of hydroxylamine groups is 1. The van der Waals surface area contributed by atoms with Gasteiger partial charge in [0.2, 0.25) is 0 Å². The van der Waals surface area contributed by atoms with Gasteiger partial charge in [0.15, 0.2) is 0 Å². The molecule has 2 N–H and O–H groups in total. The SMILES string of the molecule is CN1C2CCC1CC(CN1CCc3ncc(C(=O)NO)cc3C1)C2. The van der Waals surface area contributed by atoms with E-state index in [4.69, 9.17) is 5.21 Å². The molecule has 2 saturated heterocycles. The molecule has 1 aromatic rings. The van der Waals surface area contributed by atoms with Crippen LogP contribution >= 0.6 is 0 Å². The van der Waals surface area contributed by atoms with Crippen LogP contribution in [0.25, 0.3) is 0 Å². The molecule has 1 amide bonds. The Hall–Kier alpha value is -1.50. The monoisotopic (exact) mass is 330 g/mol. The summed E-state index contributed by atoms with van der Waals surface area (Å²) in [5.41, 5.74) is 4.33. The van der Waals surface area contributed by atoms with Crippen molar-refractivity contribution in [1.82, 2.24) is 20.3 Å². The van der Waals surface area contributed by atoms with Crippen LogP contribution in [0.15, 0.2) is 12.3 Å². The highest BCUT2D eigenvalue weighted by Gasteiger charge is 2.38. The minimum absolute atomic E-state index is 0.426. The van der Waals surface area contributed by atoms with Gasteiger partial charge in [0.05, 0.1) is 5.56 Å². The number of amides is 1. The molecule has 1 aromatic heterocycles. The van der Waals surface area contributed by atoms with Crippen LogP contribution in [-0.4, -0.2) is 58.1 Å².